The first-order valence-electron chi connectivity index (χ1n) is 13.2. The third-order valence-electron chi connectivity index (χ3n) is 7.60. The number of aryl methyl sites for hydroxylation is 1. The van der Waals surface area contributed by atoms with Gasteiger partial charge in [0.2, 0.25) is 0 Å². The maximum atomic E-state index is 12.7. The Morgan fingerprint density at radius 3 is 2.58 bits per heavy atom. The lowest BCUT2D eigenvalue weighted by atomic mass is 9.79. The summed E-state index contributed by atoms with van der Waals surface area (Å²) in [5, 5.41) is 14.3. The molecular weight excluding hydrogens is 500 g/mol. The zero-order valence-electron chi connectivity index (χ0n) is 21.5. The van der Waals surface area contributed by atoms with Crippen molar-refractivity contribution in [3.8, 4) is 0 Å². The van der Waals surface area contributed by atoms with Gasteiger partial charge in [0.05, 0.1) is 23.9 Å². The van der Waals surface area contributed by atoms with Crippen LogP contribution in [-0.4, -0.2) is 37.5 Å². The fourth-order valence-corrected chi connectivity index (χ4v) is 6.13. The molecule has 1 aromatic carbocycles. The maximum Gasteiger partial charge on any atom is 0.329 e. The number of hydrogen-bond acceptors (Lipinski definition) is 5. The summed E-state index contributed by atoms with van der Waals surface area (Å²) in [5.41, 5.74) is 2.13. The normalized spacial score (nSPS) is 17.9. The Labute approximate surface area is 226 Å². The Morgan fingerprint density at radius 2 is 1.92 bits per heavy atom. The van der Waals surface area contributed by atoms with Crippen LogP contribution in [0, 0.1) is 0 Å². The minimum absolute atomic E-state index is 0.298. The number of imidazole rings is 1. The number of carbonyl (C=O) groups excluding carboxylic acids is 2. The van der Waals surface area contributed by atoms with Crippen LogP contribution in [0.5, 0.6) is 0 Å². The van der Waals surface area contributed by atoms with Crippen LogP contribution < -0.4 is 5.32 Å². The highest BCUT2D eigenvalue weighted by Crippen LogP contribution is 2.41. The Bertz CT molecular complexity index is 1350. The molecular formula is C29H32N4O4S. The largest absolute Gasteiger partial charge is 0.481 e. The van der Waals surface area contributed by atoms with E-state index in [0.717, 1.165) is 59.6 Å². The number of imide groups is 1. The topological polar surface area (TPSA) is 105 Å². The third kappa shape index (κ3) is 5.03. The van der Waals surface area contributed by atoms with Gasteiger partial charge in [-0.25, -0.2) is 9.78 Å². The molecule has 38 heavy (non-hydrogen) atoms. The fourth-order valence-electron chi connectivity index (χ4n) is 5.44. The van der Waals surface area contributed by atoms with Crippen molar-refractivity contribution >= 4 is 35.3 Å². The summed E-state index contributed by atoms with van der Waals surface area (Å²) in [6.45, 7) is 2.98. The summed E-state index contributed by atoms with van der Waals surface area (Å²) < 4.78 is 2.08. The van der Waals surface area contributed by atoms with Crippen LogP contribution in [0.4, 0.5) is 4.79 Å². The van der Waals surface area contributed by atoms with Gasteiger partial charge in [0.15, 0.2) is 0 Å². The number of aliphatic carboxylic acids is 1. The van der Waals surface area contributed by atoms with E-state index >= 15 is 0 Å². The average molecular weight is 533 g/mol. The van der Waals surface area contributed by atoms with E-state index in [0.29, 0.717) is 31.6 Å². The van der Waals surface area contributed by atoms with Gasteiger partial charge in [-0.1, -0.05) is 56.5 Å². The molecule has 9 heteroatoms. The van der Waals surface area contributed by atoms with E-state index in [1.807, 2.05) is 41.8 Å². The van der Waals surface area contributed by atoms with Crippen molar-refractivity contribution in [2.24, 2.45) is 0 Å². The standard InChI is InChI=1S/C29H32N4O4S/c1-2-3-8-25-30-17-22(16-24-26(34)31-28(37)33(24)19-23-7-6-15-38-23)32(25)18-20-9-11-21(12-10-20)29(27(35)36)13-4-5-14-29/h6-7,9-12,15-17H,2-5,8,13-14,18-19H2,1H3,(H,35,36)(H,31,34,37)/b24-16-. The fraction of sp³-hybridized carbons (Fsp3) is 0.379. The van der Waals surface area contributed by atoms with E-state index in [2.05, 4.69) is 21.8 Å². The molecule has 0 bridgehead atoms. The van der Waals surface area contributed by atoms with Crippen LogP contribution in [0.25, 0.3) is 6.08 Å². The zero-order chi connectivity index (χ0) is 26.7. The van der Waals surface area contributed by atoms with Crippen LogP contribution in [-0.2, 0) is 34.5 Å². The van der Waals surface area contributed by atoms with Gasteiger partial charge in [-0.3, -0.25) is 19.8 Å². The molecule has 0 unspecified atom stereocenters. The second kappa shape index (κ2) is 10.9. The molecule has 1 saturated carbocycles. The van der Waals surface area contributed by atoms with Crippen molar-refractivity contribution in [3.63, 3.8) is 0 Å². The van der Waals surface area contributed by atoms with Crippen LogP contribution in [0.15, 0.2) is 53.7 Å². The summed E-state index contributed by atoms with van der Waals surface area (Å²) in [7, 11) is 0. The molecule has 2 aliphatic rings. The van der Waals surface area contributed by atoms with Crippen molar-refractivity contribution < 1.29 is 19.5 Å². The Balaban J connectivity index is 1.45. The Hall–Kier alpha value is -3.72. The number of rotatable bonds is 10. The molecule has 0 atom stereocenters. The van der Waals surface area contributed by atoms with E-state index in [1.54, 1.807) is 12.3 Å². The lowest BCUT2D eigenvalue weighted by molar-refractivity contribution is -0.143. The van der Waals surface area contributed by atoms with Gasteiger partial charge in [-0.15, -0.1) is 11.3 Å². The molecule has 1 aliphatic heterocycles. The molecule has 3 aromatic rings. The predicted octanol–water partition coefficient (Wildman–Crippen LogP) is 5.32. The van der Waals surface area contributed by atoms with E-state index in [-0.39, 0.29) is 0 Å². The van der Waals surface area contributed by atoms with Gasteiger partial charge in [0.1, 0.15) is 11.5 Å². The number of nitrogens with one attached hydrogen (secondary N) is 1. The number of aromatic nitrogens is 2. The van der Waals surface area contributed by atoms with Crippen molar-refractivity contribution in [2.75, 3.05) is 0 Å². The van der Waals surface area contributed by atoms with Crippen molar-refractivity contribution in [3.05, 3.63) is 81.2 Å². The van der Waals surface area contributed by atoms with Gasteiger partial charge in [0.25, 0.3) is 5.91 Å². The number of carboxylic acid groups (broad SMARTS) is 1. The minimum atomic E-state index is -0.788. The van der Waals surface area contributed by atoms with E-state index in [4.69, 9.17) is 0 Å². The molecule has 0 radical (unpaired) electrons. The first-order chi connectivity index (χ1) is 18.4. The number of benzene rings is 1. The molecule has 8 nitrogen and oxygen atoms in total. The van der Waals surface area contributed by atoms with Gasteiger partial charge < -0.3 is 9.67 Å². The average Bonchev–Trinajstić information content (AvgIpc) is 3.70. The summed E-state index contributed by atoms with van der Waals surface area (Å²) in [6, 6.07) is 11.3. The Kier molecular flexibility index (Phi) is 7.46. The molecule has 5 rings (SSSR count). The molecule has 0 spiro atoms. The lowest BCUT2D eigenvalue weighted by Gasteiger charge is -2.24. The first-order valence-corrected chi connectivity index (χ1v) is 14.0. The third-order valence-corrected chi connectivity index (χ3v) is 8.47. The highest BCUT2D eigenvalue weighted by molar-refractivity contribution is 7.09. The summed E-state index contributed by atoms with van der Waals surface area (Å²) in [4.78, 5) is 44.5. The number of hydrogen-bond donors (Lipinski definition) is 2. The summed E-state index contributed by atoms with van der Waals surface area (Å²) >= 11 is 1.54. The zero-order valence-corrected chi connectivity index (χ0v) is 22.3. The molecule has 3 heterocycles. The van der Waals surface area contributed by atoms with Gasteiger partial charge in [-0.2, -0.15) is 0 Å². The number of carbonyl (C=O) groups is 3. The monoisotopic (exact) mass is 532 g/mol. The summed E-state index contributed by atoms with van der Waals surface area (Å²) in [6.07, 6.45) is 9.51. The lowest BCUT2D eigenvalue weighted by Crippen LogP contribution is -2.32. The molecule has 3 amide bonds. The number of unbranched alkanes of at least 4 members (excludes halogenated alkanes) is 1. The number of thiophene rings is 1. The number of carboxylic acids is 1. The molecule has 1 aliphatic carbocycles. The molecule has 2 aromatic heterocycles. The van der Waals surface area contributed by atoms with Crippen LogP contribution in [0.2, 0.25) is 0 Å². The molecule has 1 saturated heterocycles. The number of urea groups is 1. The second-order valence-electron chi connectivity index (χ2n) is 10.0. The SMILES string of the molecule is CCCCc1ncc(/C=C2/C(=O)NC(=O)N2Cc2cccs2)n1Cc1ccc(C2(C(=O)O)CCCC2)cc1. The quantitative estimate of drug-likeness (QED) is 0.271. The highest BCUT2D eigenvalue weighted by atomic mass is 32.1. The molecule has 2 fully saturated rings. The highest BCUT2D eigenvalue weighted by Gasteiger charge is 2.42. The van der Waals surface area contributed by atoms with E-state index in [9.17, 15) is 19.5 Å². The van der Waals surface area contributed by atoms with Gasteiger partial charge >= 0.3 is 12.0 Å². The van der Waals surface area contributed by atoms with Gasteiger partial charge in [-0.05, 0) is 47.9 Å². The van der Waals surface area contributed by atoms with Crippen LogP contribution in [0.3, 0.4) is 0 Å². The molecule has 2 N–H and O–H groups in total. The van der Waals surface area contributed by atoms with Crippen molar-refractivity contribution in [1.82, 2.24) is 19.8 Å². The summed E-state index contributed by atoms with van der Waals surface area (Å²) in [5.74, 6) is -0.256. The van der Waals surface area contributed by atoms with E-state index in [1.165, 1.54) is 16.2 Å². The molecule has 198 valence electrons. The number of nitrogens with zero attached hydrogens (tertiary/aromatic N) is 3. The smallest absolute Gasteiger partial charge is 0.329 e. The van der Waals surface area contributed by atoms with Crippen molar-refractivity contribution in [2.45, 2.75) is 70.4 Å². The minimum Gasteiger partial charge on any atom is -0.481 e. The van der Waals surface area contributed by atoms with E-state index < -0.39 is 23.3 Å². The predicted molar refractivity (Wildman–Crippen MR) is 146 cm³/mol. The number of amides is 3. The Morgan fingerprint density at radius 1 is 1.16 bits per heavy atom. The van der Waals surface area contributed by atoms with Gasteiger partial charge in [0, 0.05) is 17.8 Å². The maximum absolute atomic E-state index is 12.7. The van der Waals surface area contributed by atoms with Crippen LogP contribution in [0.1, 0.15) is 73.0 Å². The second-order valence-corrected chi connectivity index (χ2v) is 11.1. The van der Waals surface area contributed by atoms with Crippen molar-refractivity contribution in [1.29, 1.82) is 0 Å². The first kappa shape index (κ1) is 25.9. The van der Waals surface area contributed by atoms with Crippen LogP contribution >= 0.6 is 11.3 Å².